The highest BCUT2D eigenvalue weighted by atomic mass is 16.6. The fourth-order valence-electron chi connectivity index (χ4n) is 1.06. The summed E-state index contributed by atoms with van der Waals surface area (Å²) in [5.74, 6) is 0. The summed E-state index contributed by atoms with van der Waals surface area (Å²) in [6.07, 6.45) is -0.648. The average molecular weight is 211 g/mol. The van der Waals surface area contributed by atoms with Crippen molar-refractivity contribution < 1.29 is 19.7 Å². The molecule has 1 aromatic carbocycles. The van der Waals surface area contributed by atoms with E-state index >= 15 is 0 Å². The smallest absolute Gasteiger partial charge is 0.411 e. The minimum Gasteiger partial charge on any atom is -0.447 e. The van der Waals surface area contributed by atoms with E-state index in [4.69, 9.17) is 10.2 Å². The van der Waals surface area contributed by atoms with Gasteiger partial charge in [0.15, 0.2) is 0 Å². The predicted octanol–water partition coefficient (Wildman–Crippen LogP) is 0.720. The number of hydrogen-bond donors (Lipinski definition) is 3. The van der Waals surface area contributed by atoms with E-state index in [0.29, 0.717) is 11.3 Å². The first-order chi connectivity index (χ1) is 7.27. The van der Waals surface area contributed by atoms with Gasteiger partial charge in [0.25, 0.3) is 0 Å². The number of amides is 1. The summed E-state index contributed by atoms with van der Waals surface area (Å²) in [7, 11) is 0. The molecule has 15 heavy (non-hydrogen) atoms. The third-order valence-electron chi connectivity index (χ3n) is 1.75. The minimum atomic E-state index is -0.648. The Balaban J connectivity index is 2.59. The lowest BCUT2D eigenvalue weighted by molar-refractivity contribution is 0.131. The van der Waals surface area contributed by atoms with Crippen LogP contribution in [-0.4, -0.2) is 29.5 Å². The lowest BCUT2D eigenvalue weighted by Gasteiger charge is -2.08. The van der Waals surface area contributed by atoms with Gasteiger partial charge in [-0.05, 0) is 6.07 Å². The van der Waals surface area contributed by atoms with Gasteiger partial charge in [0.1, 0.15) is 6.61 Å². The molecule has 0 aliphatic rings. The van der Waals surface area contributed by atoms with Crippen LogP contribution >= 0.6 is 0 Å². The molecule has 0 fully saturated rings. The summed E-state index contributed by atoms with van der Waals surface area (Å²) >= 11 is 0. The summed E-state index contributed by atoms with van der Waals surface area (Å²) in [5, 5.41) is 19.9. The second-order valence-electron chi connectivity index (χ2n) is 2.80. The normalized spacial score (nSPS) is 9.73. The van der Waals surface area contributed by atoms with Crippen molar-refractivity contribution in [2.45, 2.75) is 6.61 Å². The molecule has 0 aliphatic heterocycles. The number of nitrogens with one attached hydrogen (secondary N) is 1. The van der Waals surface area contributed by atoms with Crippen LogP contribution in [0.2, 0.25) is 0 Å². The van der Waals surface area contributed by atoms with Gasteiger partial charge in [0.2, 0.25) is 0 Å². The van der Waals surface area contributed by atoms with Gasteiger partial charge in [0.05, 0.1) is 13.2 Å². The molecule has 0 aromatic heterocycles. The molecular formula is C10H13NO4. The van der Waals surface area contributed by atoms with Gasteiger partial charge in [-0.1, -0.05) is 18.2 Å². The van der Waals surface area contributed by atoms with Gasteiger partial charge < -0.3 is 14.9 Å². The zero-order valence-corrected chi connectivity index (χ0v) is 8.14. The molecule has 0 saturated heterocycles. The van der Waals surface area contributed by atoms with Crippen molar-refractivity contribution in [2.24, 2.45) is 0 Å². The first-order valence-corrected chi connectivity index (χ1v) is 4.51. The van der Waals surface area contributed by atoms with Crippen LogP contribution in [0.4, 0.5) is 10.5 Å². The Morgan fingerprint density at radius 2 is 2.07 bits per heavy atom. The number of anilines is 1. The van der Waals surface area contributed by atoms with Crippen molar-refractivity contribution in [2.75, 3.05) is 18.5 Å². The van der Waals surface area contributed by atoms with Crippen LogP contribution in [-0.2, 0) is 11.3 Å². The fourth-order valence-corrected chi connectivity index (χ4v) is 1.06. The van der Waals surface area contributed by atoms with Gasteiger partial charge in [0, 0.05) is 11.3 Å². The molecule has 0 heterocycles. The highest BCUT2D eigenvalue weighted by molar-refractivity contribution is 5.85. The Hall–Kier alpha value is -1.59. The number of benzene rings is 1. The van der Waals surface area contributed by atoms with Gasteiger partial charge in [-0.25, -0.2) is 4.79 Å². The molecule has 1 aromatic rings. The first-order valence-electron chi connectivity index (χ1n) is 4.51. The minimum absolute atomic E-state index is 0.0485. The van der Waals surface area contributed by atoms with Crippen LogP contribution in [0.15, 0.2) is 24.3 Å². The maximum atomic E-state index is 11.1. The lowest BCUT2D eigenvalue weighted by atomic mass is 10.2. The molecule has 0 saturated carbocycles. The van der Waals surface area contributed by atoms with Crippen LogP contribution in [0.5, 0.6) is 0 Å². The van der Waals surface area contributed by atoms with Crippen LogP contribution in [0.3, 0.4) is 0 Å². The second kappa shape index (κ2) is 6.00. The van der Waals surface area contributed by atoms with E-state index in [1.165, 1.54) is 0 Å². The number of carbonyl (C=O) groups excluding carboxylic acids is 1. The molecule has 1 amide bonds. The van der Waals surface area contributed by atoms with Gasteiger partial charge in [-0.15, -0.1) is 0 Å². The van der Waals surface area contributed by atoms with Crippen LogP contribution in [0, 0.1) is 0 Å². The Labute approximate surface area is 87.3 Å². The molecule has 0 aliphatic carbocycles. The number of aliphatic hydroxyl groups excluding tert-OH is 2. The van der Waals surface area contributed by atoms with E-state index in [0.717, 1.165) is 0 Å². The number of ether oxygens (including phenoxy) is 1. The number of para-hydroxylation sites is 1. The molecule has 3 N–H and O–H groups in total. The third-order valence-corrected chi connectivity index (χ3v) is 1.75. The van der Waals surface area contributed by atoms with Gasteiger partial charge in [-0.2, -0.15) is 0 Å². The fraction of sp³-hybridized carbons (Fsp3) is 0.300. The van der Waals surface area contributed by atoms with Crippen molar-refractivity contribution in [1.82, 2.24) is 0 Å². The molecule has 0 radical (unpaired) electrons. The number of rotatable bonds is 4. The molecule has 0 atom stereocenters. The van der Waals surface area contributed by atoms with Crippen LogP contribution in [0.1, 0.15) is 5.56 Å². The van der Waals surface area contributed by atoms with Gasteiger partial charge >= 0.3 is 6.09 Å². The summed E-state index contributed by atoms with van der Waals surface area (Å²) in [5.41, 5.74) is 1.11. The standard InChI is InChI=1S/C10H13NO4/c12-5-6-15-10(14)11-9-4-2-1-3-8(9)7-13/h1-4,12-13H,5-7H2,(H,11,14). The zero-order chi connectivity index (χ0) is 11.1. The van der Waals surface area contributed by atoms with Crippen molar-refractivity contribution in [3.05, 3.63) is 29.8 Å². The van der Waals surface area contributed by atoms with E-state index in [1.54, 1.807) is 24.3 Å². The molecule has 0 unspecified atom stereocenters. The molecule has 0 spiro atoms. The van der Waals surface area contributed by atoms with E-state index < -0.39 is 6.09 Å². The summed E-state index contributed by atoms with van der Waals surface area (Å²) < 4.78 is 4.61. The Kier molecular flexibility index (Phi) is 4.59. The Morgan fingerprint density at radius 3 is 2.73 bits per heavy atom. The molecule has 5 nitrogen and oxygen atoms in total. The van der Waals surface area contributed by atoms with E-state index in [-0.39, 0.29) is 19.8 Å². The third kappa shape index (κ3) is 3.57. The van der Waals surface area contributed by atoms with Crippen molar-refractivity contribution >= 4 is 11.8 Å². The Morgan fingerprint density at radius 1 is 1.33 bits per heavy atom. The van der Waals surface area contributed by atoms with Crippen LogP contribution < -0.4 is 5.32 Å². The largest absolute Gasteiger partial charge is 0.447 e. The highest BCUT2D eigenvalue weighted by Crippen LogP contribution is 2.14. The second-order valence-corrected chi connectivity index (χ2v) is 2.80. The maximum Gasteiger partial charge on any atom is 0.411 e. The quantitative estimate of drug-likeness (QED) is 0.685. The maximum absolute atomic E-state index is 11.1. The monoisotopic (exact) mass is 211 g/mol. The van der Waals surface area contributed by atoms with Crippen LogP contribution in [0.25, 0.3) is 0 Å². The van der Waals surface area contributed by atoms with E-state index in [2.05, 4.69) is 10.1 Å². The topological polar surface area (TPSA) is 78.8 Å². The molecule has 1 rings (SSSR count). The zero-order valence-electron chi connectivity index (χ0n) is 8.14. The van der Waals surface area contributed by atoms with Crippen molar-refractivity contribution in [3.63, 3.8) is 0 Å². The molecule has 5 heteroatoms. The molecule has 0 bridgehead atoms. The lowest BCUT2D eigenvalue weighted by Crippen LogP contribution is -2.16. The van der Waals surface area contributed by atoms with Gasteiger partial charge in [-0.3, -0.25) is 5.32 Å². The molecular weight excluding hydrogens is 198 g/mol. The number of carbonyl (C=O) groups is 1. The average Bonchev–Trinajstić information content (AvgIpc) is 2.27. The van der Waals surface area contributed by atoms with Crippen molar-refractivity contribution in [3.8, 4) is 0 Å². The summed E-state index contributed by atoms with van der Waals surface area (Å²) in [6, 6.07) is 6.85. The Bertz CT molecular complexity index is 327. The molecule has 82 valence electrons. The summed E-state index contributed by atoms with van der Waals surface area (Å²) in [6.45, 7) is -0.418. The van der Waals surface area contributed by atoms with Crippen molar-refractivity contribution in [1.29, 1.82) is 0 Å². The SMILES string of the molecule is O=C(Nc1ccccc1CO)OCCO. The van der Waals surface area contributed by atoms with E-state index in [9.17, 15) is 4.79 Å². The number of hydrogen-bond acceptors (Lipinski definition) is 4. The predicted molar refractivity (Wildman–Crippen MR) is 54.4 cm³/mol. The number of aliphatic hydroxyl groups is 2. The summed E-state index contributed by atoms with van der Waals surface area (Å²) in [4.78, 5) is 11.1. The highest BCUT2D eigenvalue weighted by Gasteiger charge is 2.05. The first kappa shape index (κ1) is 11.5. The van der Waals surface area contributed by atoms with E-state index in [1.807, 2.05) is 0 Å².